The number of nitrogens with one attached hydrogen (secondary N) is 1. The second kappa shape index (κ2) is 4.80. The second-order valence-corrected chi connectivity index (χ2v) is 8.70. The summed E-state index contributed by atoms with van der Waals surface area (Å²) >= 11 is 0. The second-order valence-electron chi connectivity index (χ2n) is 8.70. The lowest BCUT2D eigenvalue weighted by molar-refractivity contribution is -0.0709. The van der Waals surface area contributed by atoms with Crippen LogP contribution >= 0.6 is 0 Å². The molecule has 5 aliphatic carbocycles. The van der Waals surface area contributed by atoms with Gasteiger partial charge in [-0.1, -0.05) is 5.16 Å². The fourth-order valence-corrected chi connectivity index (χ4v) is 6.01. The smallest absolute Gasteiger partial charge is 0.240 e. The molecule has 4 bridgehead atoms. The molecule has 4 heteroatoms. The zero-order valence-electron chi connectivity index (χ0n) is 13.6. The molecule has 0 aliphatic heterocycles. The number of hydrogen-bond acceptors (Lipinski definition) is 4. The molecule has 120 valence electrons. The van der Waals surface area contributed by atoms with Crippen LogP contribution in [0.5, 0.6) is 0 Å². The first kappa shape index (κ1) is 13.5. The predicted molar refractivity (Wildman–Crippen MR) is 83.2 cm³/mol. The van der Waals surface area contributed by atoms with Gasteiger partial charge in [0.2, 0.25) is 5.89 Å². The lowest BCUT2D eigenvalue weighted by Crippen LogP contribution is -2.54. The van der Waals surface area contributed by atoms with Crippen molar-refractivity contribution in [2.45, 2.75) is 76.8 Å². The van der Waals surface area contributed by atoms with Gasteiger partial charge in [0.25, 0.3) is 0 Å². The van der Waals surface area contributed by atoms with Gasteiger partial charge in [0.15, 0.2) is 5.82 Å². The largest absolute Gasteiger partial charge is 0.338 e. The highest BCUT2D eigenvalue weighted by molar-refractivity contribution is 5.06. The Bertz CT molecular complexity index is 527. The minimum atomic E-state index is 0.550. The molecule has 1 heterocycles. The lowest BCUT2D eigenvalue weighted by Gasteiger charge is -2.59. The van der Waals surface area contributed by atoms with E-state index in [2.05, 4.69) is 22.4 Å². The van der Waals surface area contributed by atoms with Crippen molar-refractivity contribution in [2.24, 2.45) is 23.2 Å². The fraction of sp³-hybridized carbons (Fsp3) is 0.889. The maximum absolute atomic E-state index is 5.41. The Morgan fingerprint density at radius 3 is 2.36 bits per heavy atom. The molecule has 22 heavy (non-hydrogen) atoms. The molecule has 5 saturated carbocycles. The van der Waals surface area contributed by atoms with Crippen LogP contribution in [0, 0.1) is 23.2 Å². The van der Waals surface area contributed by atoms with Gasteiger partial charge in [-0.25, -0.2) is 0 Å². The first-order valence-corrected chi connectivity index (χ1v) is 9.26. The van der Waals surface area contributed by atoms with Crippen LogP contribution in [0.1, 0.15) is 75.9 Å². The molecule has 1 N–H and O–H groups in total. The summed E-state index contributed by atoms with van der Waals surface area (Å²) in [6.45, 7) is 3.13. The fourth-order valence-electron chi connectivity index (χ4n) is 6.01. The molecule has 4 nitrogen and oxygen atoms in total. The molecule has 0 amide bonds. The highest BCUT2D eigenvalue weighted by atomic mass is 16.5. The third kappa shape index (κ3) is 2.22. The molecule has 1 aromatic heterocycles. The Morgan fingerprint density at radius 2 is 1.77 bits per heavy atom. The van der Waals surface area contributed by atoms with Crippen molar-refractivity contribution < 1.29 is 4.52 Å². The normalized spacial score (nSPS) is 41.0. The zero-order chi connectivity index (χ0) is 14.7. The van der Waals surface area contributed by atoms with E-state index in [-0.39, 0.29) is 0 Å². The van der Waals surface area contributed by atoms with Crippen LogP contribution in [0.4, 0.5) is 0 Å². The molecule has 1 aromatic rings. The molecule has 0 saturated heterocycles. The van der Waals surface area contributed by atoms with Crippen molar-refractivity contribution in [3.8, 4) is 0 Å². The van der Waals surface area contributed by atoms with E-state index in [1.165, 1.54) is 51.4 Å². The topological polar surface area (TPSA) is 51.0 Å². The van der Waals surface area contributed by atoms with E-state index in [9.17, 15) is 0 Å². The molecule has 6 rings (SSSR count). The number of hydrogen-bond donors (Lipinski definition) is 1. The third-order valence-electron chi connectivity index (χ3n) is 6.99. The monoisotopic (exact) mass is 301 g/mol. The Hall–Kier alpha value is -0.900. The van der Waals surface area contributed by atoms with Crippen LogP contribution in [0.3, 0.4) is 0 Å². The van der Waals surface area contributed by atoms with Crippen molar-refractivity contribution in [1.82, 2.24) is 15.5 Å². The Morgan fingerprint density at radius 1 is 1.14 bits per heavy atom. The van der Waals surface area contributed by atoms with Crippen molar-refractivity contribution >= 4 is 0 Å². The van der Waals surface area contributed by atoms with Gasteiger partial charge < -0.3 is 9.84 Å². The maximum Gasteiger partial charge on any atom is 0.240 e. The van der Waals surface area contributed by atoms with Crippen LogP contribution < -0.4 is 5.32 Å². The summed E-state index contributed by atoms with van der Waals surface area (Å²) < 4.78 is 5.41. The lowest BCUT2D eigenvalue weighted by atomic mass is 9.48. The summed E-state index contributed by atoms with van der Waals surface area (Å²) in [5, 5.41) is 7.85. The van der Waals surface area contributed by atoms with Crippen LogP contribution in [-0.2, 0) is 6.54 Å². The van der Waals surface area contributed by atoms with Crippen molar-refractivity contribution in [3.05, 3.63) is 11.7 Å². The summed E-state index contributed by atoms with van der Waals surface area (Å²) in [6, 6.07) is 0.567. The summed E-state index contributed by atoms with van der Waals surface area (Å²) in [4.78, 5) is 4.55. The highest BCUT2D eigenvalue weighted by Crippen LogP contribution is 2.61. The number of rotatable bonds is 5. The maximum atomic E-state index is 5.41. The van der Waals surface area contributed by atoms with Gasteiger partial charge in [-0.05, 0) is 81.5 Å². The Labute approximate surface area is 132 Å². The van der Waals surface area contributed by atoms with Gasteiger partial charge in [0.1, 0.15) is 0 Å². The third-order valence-corrected chi connectivity index (χ3v) is 6.99. The molecule has 1 unspecified atom stereocenters. The van der Waals surface area contributed by atoms with Crippen molar-refractivity contribution in [3.63, 3.8) is 0 Å². The molecule has 5 aliphatic rings. The van der Waals surface area contributed by atoms with E-state index in [4.69, 9.17) is 4.52 Å². The van der Waals surface area contributed by atoms with Crippen LogP contribution in [0.2, 0.25) is 0 Å². The van der Waals surface area contributed by atoms with Crippen molar-refractivity contribution in [2.75, 3.05) is 0 Å². The van der Waals surface area contributed by atoms with Crippen LogP contribution in [0.15, 0.2) is 4.52 Å². The average molecular weight is 301 g/mol. The van der Waals surface area contributed by atoms with E-state index in [0.29, 0.717) is 17.4 Å². The molecule has 0 aromatic carbocycles. The van der Waals surface area contributed by atoms with E-state index in [0.717, 1.165) is 36.0 Å². The van der Waals surface area contributed by atoms with Gasteiger partial charge in [-0.3, -0.25) is 0 Å². The first-order valence-electron chi connectivity index (χ1n) is 9.26. The summed E-state index contributed by atoms with van der Waals surface area (Å²) in [7, 11) is 0. The Kier molecular flexibility index (Phi) is 2.95. The molecule has 0 spiro atoms. The summed E-state index contributed by atoms with van der Waals surface area (Å²) in [6.07, 6.45) is 11.4. The van der Waals surface area contributed by atoms with Gasteiger partial charge >= 0.3 is 0 Å². The SMILES string of the molecule is CC(NCc1nc(C2CC2)no1)C12CC3CC(CC(C3)C1)C2. The summed E-state index contributed by atoms with van der Waals surface area (Å²) in [5.74, 6) is 5.33. The number of nitrogens with zero attached hydrogens (tertiary/aromatic N) is 2. The van der Waals surface area contributed by atoms with E-state index >= 15 is 0 Å². The number of aromatic nitrogens is 2. The highest BCUT2D eigenvalue weighted by Gasteiger charge is 2.52. The van der Waals surface area contributed by atoms with E-state index in [1.54, 1.807) is 0 Å². The molecular weight excluding hydrogens is 274 g/mol. The van der Waals surface area contributed by atoms with Gasteiger partial charge in [0.05, 0.1) is 6.54 Å². The molecule has 1 atom stereocenters. The minimum Gasteiger partial charge on any atom is -0.338 e. The quantitative estimate of drug-likeness (QED) is 0.902. The van der Waals surface area contributed by atoms with E-state index in [1.807, 2.05) is 0 Å². The van der Waals surface area contributed by atoms with Gasteiger partial charge in [-0.2, -0.15) is 4.98 Å². The van der Waals surface area contributed by atoms with Crippen LogP contribution in [0.25, 0.3) is 0 Å². The van der Waals surface area contributed by atoms with Gasteiger partial charge in [-0.15, -0.1) is 0 Å². The predicted octanol–water partition coefficient (Wildman–Crippen LogP) is 3.64. The van der Waals surface area contributed by atoms with Crippen molar-refractivity contribution in [1.29, 1.82) is 0 Å². The standard InChI is InChI=1S/C18H27N3O/c1-11(19-10-16-20-17(21-22-16)15-2-3-15)18-7-12-4-13(8-18)6-14(5-12)9-18/h11-15,19H,2-10H2,1H3. The van der Waals surface area contributed by atoms with Crippen LogP contribution in [-0.4, -0.2) is 16.2 Å². The average Bonchev–Trinajstić information content (AvgIpc) is 3.22. The molecular formula is C18H27N3O. The Balaban J connectivity index is 1.25. The first-order chi connectivity index (χ1) is 10.7. The van der Waals surface area contributed by atoms with Gasteiger partial charge in [0, 0.05) is 12.0 Å². The zero-order valence-corrected chi connectivity index (χ0v) is 13.6. The van der Waals surface area contributed by atoms with E-state index < -0.39 is 0 Å². The summed E-state index contributed by atoms with van der Waals surface area (Å²) in [5.41, 5.74) is 0.550. The molecule has 5 fully saturated rings. The minimum absolute atomic E-state index is 0.550. The molecule has 0 radical (unpaired) electrons.